The van der Waals surface area contributed by atoms with E-state index in [0.717, 1.165) is 32.1 Å². The maximum Gasteiger partial charge on any atom is 0.303 e. The van der Waals surface area contributed by atoms with Crippen LogP contribution in [-0.2, 0) is 9.59 Å². The predicted molar refractivity (Wildman–Crippen MR) is 71.4 cm³/mol. The molecule has 0 aliphatic rings. The van der Waals surface area contributed by atoms with Crippen LogP contribution in [0.25, 0.3) is 0 Å². The number of carboxylic acid groups (broad SMARTS) is 1. The quantitative estimate of drug-likeness (QED) is 0.310. The highest BCUT2D eigenvalue weighted by Crippen LogP contribution is 2.11. The minimum Gasteiger partial charge on any atom is -0.481 e. The highest BCUT2D eigenvalue weighted by atomic mass is 16.4. The lowest BCUT2D eigenvalue weighted by Gasteiger charge is -2.01. The summed E-state index contributed by atoms with van der Waals surface area (Å²) in [6.45, 7) is 0.618. The van der Waals surface area contributed by atoms with Gasteiger partial charge in [-0.2, -0.15) is 0 Å². The third kappa shape index (κ3) is 14.9. The lowest BCUT2D eigenvalue weighted by molar-refractivity contribution is -0.137. The number of aliphatic imine (C=N–C) groups is 1. The van der Waals surface area contributed by atoms with Crippen molar-refractivity contribution in [1.29, 1.82) is 0 Å². The topological polar surface area (TPSA) is 66.7 Å². The number of aliphatic carboxylic acids is 1. The Morgan fingerprint density at radius 2 is 1.28 bits per heavy atom. The zero-order valence-electron chi connectivity index (χ0n) is 11.2. The maximum atomic E-state index is 10.3. The number of carboxylic acids is 1. The monoisotopic (exact) mass is 255 g/mol. The Morgan fingerprint density at radius 1 is 0.833 bits per heavy atom. The van der Waals surface area contributed by atoms with Crippen molar-refractivity contribution in [2.24, 2.45) is 4.99 Å². The number of rotatable bonds is 13. The number of carbonyl (C=O) groups excluding carboxylic acids is 1. The summed E-state index contributed by atoms with van der Waals surface area (Å²) in [6.07, 6.45) is 13.2. The van der Waals surface area contributed by atoms with Gasteiger partial charge in [0.05, 0.1) is 6.54 Å². The summed E-state index contributed by atoms with van der Waals surface area (Å²) in [5.41, 5.74) is 0. The Kier molecular flexibility index (Phi) is 13.0. The van der Waals surface area contributed by atoms with Gasteiger partial charge < -0.3 is 5.11 Å². The van der Waals surface area contributed by atoms with Gasteiger partial charge in [0.2, 0.25) is 6.08 Å². The first kappa shape index (κ1) is 16.9. The number of carbonyl (C=O) groups is 1. The lowest BCUT2D eigenvalue weighted by atomic mass is 10.1. The Bertz CT molecular complexity index is 235. The molecular formula is C14H25NO3. The predicted octanol–water partition coefficient (Wildman–Crippen LogP) is 3.70. The molecule has 0 amide bonds. The van der Waals surface area contributed by atoms with Gasteiger partial charge in [0, 0.05) is 6.42 Å². The van der Waals surface area contributed by atoms with Crippen molar-refractivity contribution in [2.75, 3.05) is 6.54 Å². The first-order valence-electron chi connectivity index (χ1n) is 7.03. The molecule has 0 spiro atoms. The van der Waals surface area contributed by atoms with Crippen molar-refractivity contribution < 1.29 is 14.7 Å². The molecule has 0 aromatic rings. The van der Waals surface area contributed by atoms with Crippen LogP contribution in [0.4, 0.5) is 0 Å². The fourth-order valence-electron chi connectivity index (χ4n) is 1.93. The smallest absolute Gasteiger partial charge is 0.303 e. The highest BCUT2D eigenvalue weighted by Gasteiger charge is 1.96. The maximum absolute atomic E-state index is 10.3. The molecule has 4 heteroatoms. The zero-order chi connectivity index (χ0) is 13.5. The van der Waals surface area contributed by atoms with Crippen molar-refractivity contribution in [3.05, 3.63) is 0 Å². The number of hydrogen-bond acceptors (Lipinski definition) is 3. The molecule has 0 saturated carbocycles. The summed E-state index contributed by atoms with van der Waals surface area (Å²) in [5.74, 6) is -0.686. The highest BCUT2D eigenvalue weighted by molar-refractivity contribution is 5.66. The molecule has 0 fully saturated rings. The van der Waals surface area contributed by atoms with Crippen LogP contribution in [0.5, 0.6) is 0 Å². The molecule has 0 atom stereocenters. The molecule has 0 aliphatic carbocycles. The molecule has 0 radical (unpaired) electrons. The summed E-state index contributed by atoms with van der Waals surface area (Å²) in [5, 5.41) is 8.46. The summed E-state index contributed by atoms with van der Waals surface area (Å²) >= 11 is 0. The molecular weight excluding hydrogens is 230 g/mol. The van der Waals surface area contributed by atoms with Gasteiger partial charge in [-0.3, -0.25) is 4.79 Å². The van der Waals surface area contributed by atoms with E-state index in [1.807, 2.05) is 0 Å². The SMILES string of the molecule is O=C=NCCCCCCCCCCCCC(=O)O. The Balaban J connectivity index is 2.98. The molecule has 4 nitrogen and oxygen atoms in total. The van der Waals surface area contributed by atoms with Gasteiger partial charge in [-0.25, -0.2) is 9.79 Å². The minimum absolute atomic E-state index is 0.309. The van der Waals surface area contributed by atoms with Crippen LogP contribution in [0.1, 0.15) is 70.6 Å². The van der Waals surface area contributed by atoms with E-state index < -0.39 is 5.97 Å². The number of isocyanates is 1. The fraction of sp³-hybridized carbons (Fsp3) is 0.857. The van der Waals surface area contributed by atoms with Crippen molar-refractivity contribution in [3.8, 4) is 0 Å². The Hall–Kier alpha value is -1.15. The molecule has 0 aromatic carbocycles. The van der Waals surface area contributed by atoms with E-state index in [2.05, 4.69) is 4.99 Å². The second-order valence-corrected chi connectivity index (χ2v) is 4.65. The van der Waals surface area contributed by atoms with Crippen LogP contribution in [-0.4, -0.2) is 23.7 Å². The zero-order valence-corrected chi connectivity index (χ0v) is 11.2. The largest absolute Gasteiger partial charge is 0.481 e. The number of unbranched alkanes of at least 4 members (excludes halogenated alkanes) is 9. The van der Waals surface area contributed by atoms with Gasteiger partial charge in [-0.15, -0.1) is 0 Å². The molecule has 0 aromatic heterocycles. The van der Waals surface area contributed by atoms with Crippen LogP contribution in [0.15, 0.2) is 4.99 Å². The first-order chi connectivity index (χ1) is 8.77. The van der Waals surface area contributed by atoms with Crippen LogP contribution in [0.3, 0.4) is 0 Å². The number of hydrogen-bond donors (Lipinski definition) is 1. The Labute approximate surface area is 109 Å². The second kappa shape index (κ2) is 13.9. The molecule has 0 bridgehead atoms. The van der Waals surface area contributed by atoms with Crippen LogP contribution in [0, 0.1) is 0 Å². The molecule has 0 unspecified atom stereocenters. The molecule has 0 rings (SSSR count). The molecule has 0 saturated heterocycles. The van der Waals surface area contributed by atoms with Gasteiger partial charge in [0.15, 0.2) is 0 Å². The van der Waals surface area contributed by atoms with Gasteiger partial charge in [0.25, 0.3) is 0 Å². The molecule has 1 N–H and O–H groups in total. The van der Waals surface area contributed by atoms with E-state index in [0.29, 0.717) is 13.0 Å². The minimum atomic E-state index is -0.686. The van der Waals surface area contributed by atoms with Crippen LogP contribution >= 0.6 is 0 Å². The van der Waals surface area contributed by atoms with E-state index in [1.54, 1.807) is 6.08 Å². The summed E-state index contributed by atoms with van der Waals surface area (Å²) in [6, 6.07) is 0. The van der Waals surface area contributed by atoms with E-state index in [9.17, 15) is 9.59 Å². The van der Waals surface area contributed by atoms with E-state index >= 15 is 0 Å². The molecule has 104 valence electrons. The molecule has 0 heterocycles. The third-order valence-corrected chi connectivity index (χ3v) is 2.98. The van der Waals surface area contributed by atoms with Crippen molar-refractivity contribution in [3.63, 3.8) is 0 Å². The second-order valence-electron chi connectivity index (χ2n) is 4.65. The standard InChI is InChI=1S/C14H25NO3/c16-13-15-12-10-8-6-4-2-1-3-5-7-9-11-14(17)18/h1-12H2,(H,17,18). The summed E-state index contributed by atoms with van der Waals surface area (Å²) in [4.78, 5) is 23.6. The number of nitrogens with zero attached hydrogens (tertiary/aromatic N) is 1. The van der Waals surface area contributed by atoms with E-state index in [4.69, 9.17) is 5.11 Å². The molecule has 18 heavy (non-hydrogen) atoms. The van der Waals surface area contributed by atoms with Crippen molar-refractivity contribution >= 4 is 12.0 Å². The van der Waals surface area contributed by atoms with E-state index in [1.165, 1.54) is 32.1 Å². The average molecular weight is 255 g/mol. The third-order valence-electron chi connectivity index (χ3n) is 2.98. The Morgan fingerprint density at radius 3 is 1.72 bits per heavy atom. The summed E-state index contributed by atoms with van der Waals surface area (Å²) in [7, 11) is 0. The lowest BCUT2D eigenvalue weighted by Crippen LogP contribution is -1.93. The molecule has 0 aliphatic heterocycles. The van der Waals surface area contributed by atoms with Gasteiger partial charge in [-0.05, 0) is 12.8 Å². The van der Waals surface area contributed by atoms with Crippen LogP contribution < -0.4 is 0 Å². The van der Waals surface area contributed by atoms with Gasteiger partial charge in [0.1, 0.15) is 0 Å². The average Bonchev–Trinajstić information content (AvgIpc) is 2.34. The van der Waals surface area contributed by atoms with E-state index in [-0.39, 0.29) is 0 Å². The summed E-state index contributed by atoms with van der Waals surface area (Å²) < 4.78 is 0. The van der Waals surface area contributed by atoms with Crippen molar-refractivity contribution in [2.45, 2.75) is 70.6 Å². The van der Waals surface area contributed by atoms with Crippen molar-refractivity contribution in [1.82, 2.24) is 0 Å². The normalized spacial score (nSPS) is 10.0. The van der Waals surface area contributed by atoms with Gasteiger partial charge >= 0.3 is 5.97 Å². The fourth-order valence-corrected chi connectivity index (χ4v) is 1.93. The van der Waals surface area contributed by atoms with Gasteiger partial charge in [-0.1, -0.05) is 51.4 Å². The van der Waals surface area contributed by atoms with Crippen LogP contribution in [0.2, 0.25) is 0 Å². The first-order valence-corrected chi connectivity index (χ1v) is 7.03.